The molecule has 0 radical (unpaired) electrons. The standard InChI is InChI=1S/C19H25FN4O2/c20-16-9-7-14(8-10-16)18-22-19(26-23-18)15-5-4-12-24(13-15)17(25)6-2-1-3-11-21/h7-10,15H,1-6,11-13,21H2/p+1/t15-/m1/s1. The van der Waals surface area contributed by atoms with Gasteiger partial charge in [-0.2, -0.15) is 4.98 Å². The molecule has 0 saturated carbocycles. The molecule has 0 spiro atoms. The van der Waals surface area contributed by atoms with Crippen molar-refractivity contribution in [3.05, 3.63) is 36.0 Å². The molecule has 7 heteroatoms. The lowest BCUT2D eigenvalue weighted by Gasteiger charge is -2.31. The SMILES string of the molecule is [NH3+]CCCCCC(=O)N1CCC[C@@H](c2nc(-c3ccc(F)cc3)no2)C1. The average molecular weight is 361 g/mol. The molecule has 26 heavy (non-hydrogen) atoms. The van der Waals surface area contributed by atoms with Crippen LogP contribution in [0.25, 0.3) is 11.4 Å². The number of piperidine rings is 1. The van der Waals surface area contributed by atoms with Crippen molar-refractivity contribution >= 4 is 5.91 Å². The number of amides is 1. The van der Waals surface area contributed by atoms with E-state index in [1.54, 1.807) is 12.1 Å². The van der Waals surface area contributed by atoms with Crippen molar-refractivity contribution in [2.24, 2.45) is 0 Å². The quantitative estimate of drug-likeness (QED) is 0.767. The fourth-order valence-corrected chi connectivity index (χ4v) is 3.31. The normalized spacial score (nSPS) is 17.5. The Morgan fingerprint density at radius 1 is 1.27 bits per heavy atom. The Morgan fingerprint density at radius 2 is 2.08 bits per heavy atom. The zero-order chi connectivity index (χ0) is 18.4. The molecule has 1 fully saturated rings. The van der Waals surface area contributed by atoms with Gasteiger partial charge in [-0.3, -0.25) is 4.79 Å². The van der Waals surface area contributed by atoms with Crippen molar-refractivity contribution in [1.82, 2.24) is 15.0 Å². The summed E-state index contributed by atoms with van der Waals surface area (Å²) in [5.41, 5.74) is 4.54. The first-order chi connectivity index (χ1) is 12.7. The van der Waals surface area contributed by atoms with E-state index in [0.29, 0.717) is 24.7 Å². The Labute approximate surface area is 152 Å². The molecule has 2 heterocycles. The molecule has 3 N–H and O–H groups in total. The van der Waals surface area contributed by atoms with E-state index in [4.69, 9.17) is 4.52 Å². The lowest BCUT2D eigenvalue weighted by atomic mass is 9.97. The van der Waals surface area contributed by atoms with E-state index in [1.165, 1.54) is 12.1 Å². The number of rotatable bonds is 7. The lowest BCUT2D eigenvalue weighted by Crippen LogP contribution is -2.50. The number of likely N-dealkylation sites (tertiary alicyclic amines) is 1. The predicted molar refractivity (Wildman–Crippen MR) is 94.5 cm³/mol. The summed E-state index contributed by atoms with van der Waals surface area (Å²) in [5.74, 6) is 0.982. The molecule has 0 unspecified atom stereocenters. The summed E-state index contributed by atoms with van der Waals surface area (Å²) in [6.45, 7) is 2.34. The van der Waals surface area contributed by atoms with E-state index < -0.39 is 0 Å². The van der Waals surface area contributed by atoms with Gasteiger partial charge >= 0.3 is 0 Å². The van der Waals surface area contributed by atoms with Crippen molar-refractivity contribution in [1.29, 1.82) is 0 Å². The molecular formula is C19H26FN4O2+. The van der Waals surface area contributed by atoms with Crippen LogP contribution in [-0.2, 0) is 4.79 Å². The second kappa shape index (κ2) is 8.89. The van der Waals surface area contributed by atoms with Gasteiger partial charge in [0.25, 0.3) is 0 Å². The number of quaternary nitrogens is 1. The van der Waals surface area contributed by atoms with E-state index >= 15 is 0 Å². The molecule has 1 atom stereocenters. The van der Waals surface area contributed by atoms with Crippen LogP contribution in [0.5, 0.6) is 0 Å². The van der Waals surface area contributed by atoms with Crippen LogP contribution in [0.4, 0.5) is 4.39 Å². The van der Waals surface area contributed by atoms with Crippen LogP contribution in [0.2, 0.25) is 0 Å². The van der Waals surface area contributed by atoms with Crippen LogP contribution in [0.15, 0.2) is 28.8 Å². The molecule has 0 bridgehead atoms. The molecule has 3 rings (SSSR count). The Morgan fingerprint density at radius 3 is 2.85 bits per heavy atom. The fraction of sp³-hybridized carbons (Fsp3) is 0.526. The monoisotopic (exact) mass is 361 g/mol. The lowest BCUT2D eigenvalue weighted by molar-refractivity contribution is -0.368. The topological polar surface area (TPSA) is 86.9 Å². The third-order valence-corrected chi connectivity index (χ3v) is 4.81. The highest BCUT2D eigenvalue weighted by Crippen LogP contribution is 2.28. The van der Waals surface area contributed by atoms with Crippen LogP contribution in [0.1, 0.15) is 50.3 Å². The molecule has 1 aromatic heterocycles. The molecule has 6 nitrogen and oxygen atoms in total. The van der Waals surface area contributed by atoms with Gasteiger partial charge in [0.15, 0.2) is 0 Å². The number of nitrogens with zero attached hydrogens (tertiary/aromatic N) is 3. The highest BCUT2D eigenvalue weighted by Gasteiger charge is 2.28. The van der Waals surface area contributed by atoms with Gasteiger partial charge in [0, 0.05) is 25.1 Å². The predicted octanol–water partition coefficient (Wildman–Crippen LogP) is 2.38. The summed E-state index contributed by atoms with van der Waals surface area (Å²) in [5, 5.41) is 4.01. The van der Waals surface area contributed by atoms with Crippen molar-refractivity contribution < 1.29 is 19.4 Å². The fourth-order valence-electron chi connectivity index (χ4n) is 3.31. The molecule has 1 aliphatic heterocycles. The molecule has 1 aliphatic rings. The Balaban J connectivity index is 1.59. The number of halogens is 1. The molecule has 1 saturated heterocycles. The molecular weight excluding hydrogens is 335 g/mol. The van der Waals surface area contributed by atoms with Crippen LogP contribution in [0, 0.1) is 5.82 Å². The van der Waals surface area contributed by atoms with Gasteiger partial charge in [-0.05, 0) is 56.4 Å². The van der Waals surface area contributed by atoms with Gasteiger partial charge < -0.3 is 15.2 Å². The third-order valence-electron chi connectivity index (χ3n) is 4.81. The first-order valence-electron chi connectivity index (χ1n) is 9.34. The second-order valence-electron chi connectivity index (χ2n) is 6.81. The minimum absolute atomic E-state index is 0.0641. The van der Waals surface area contributed by atoms with Crippen molar-refractivity contribution in [2.75, 3.05) is 19.6 Å². The minimum Gasteiger partial charge on any atom is -0.358 e. The van der Waals surface area contributed by atoms with Crippen molar-refractivity contribution in [2.45, 2.75) is 44.4 Å². The molecule has 140 valence electrons. The summed E-state index contributed by atoms with van der Waals surface area (Å²) >= 11 is 0. The number of benzene rings is 1. The van der Waals surface area contributed by atoms with Crippen LogP contribution in [0.3, 0.4) is 0 Å². The average Bonchev–Trinajstić information content (AvgIpc) is 3.16. The van der Waals surface area contributed by atoms with E-state index in [-0.39, 0.29) is 17.6 Å². The highest BCUT2D eigenvalue weighted by molar-refractivity contribution is 5.76. The maximum absolute atomic E-state index is 13.0. The van der Waals surface area contributed by atoms with Gasteiger partial charge in [-0.15, -0.1) is 0 Å². The molecule has 1 aromatic carbocycles. The van der Waals surface area contributed by atoms with Crippen LogP contribution in [-0.4, -0.2) is 40.6 Å². The van der Waals surface area contributed by atoms with Crippen LogP contribution < -0.4 is 5.73 Å². The van der Waals surface area contributed by atoms with E-state index in [1.807, 2.05) is 4.90 Å². The van der Waals surface area contributed by atoms with E-state index in [0.717, 1.165) is 50.8 Å². The van der Waals surface area contributed by atoms with Gasteiger partial charge in [0.2, 0.25) is 17.6 Å². The van der Waals surface area contributed by atoms with Gasteiger partial charge in [0.05, 0.1) is 12.5 Å². The Hall–Kier alpha value is -2.28. The molecule has 1 amide bonds. The number of aromatic nitrogens is 2. The maximum atomic E-state index is 13.0. The number of hydrogen-bond donors (Lipinski definition) is 1. The number of unbranched alkanes of at least 4 members (excludes halogenated alkanes) is 2. The Bertz CT molecular complexity index is 717. The first-order valence-corrected chi connectivity index (χ1v) is 9.34. The van der Waals surface area contributed by atoms with Gasteiger partial charge in [-0.25, -0.2) is 4.39 Å². The number of carbonyl (C=O) groups is 1. The molecule has 2 aromatic rings. The van der Waals surface area contributed by atoms with E-state index in [2.05, 4.69) is 15.9 Å². The largest absolute Gasteiger partial charge is 0.358 e. The summed E-state index contributed by atoms with van der Waals surface area (Å²) in [7, 11) is 0. The number of hydrogen-bond acceptors (Lipinski definition) is 4. The van der Waals surface area contributed by atoms with Crippen molar-refractivity contribution in [3.63, 3.8) is 0 Å². The van der Waals surface area contributed by atoms with Crippen molar-refractivity contribution in [3.8, 4) is 11.4 Å². The minimum atomic E-state index is -0.297. The van der Waals surface area contributed by atoms with Gasteiger partial charge in [-0.1, -0.05) is 5.16 Å². The first kappa shape index (κ1) is 18.5. The zero-order valence-electron chi connectivity index (χ0n) is 15.0. The highest BCUT2D eigenvalue weighted by atomic mass is 19.1. The Kier molecular flexibility index (Phi) is 6.33. The number of carbonyl (C=O) groups excluding carboxylic acids is 1. The smallest absolute Gasteiger partial charge is 0.231 e. The van der Waals surface area contributed by atoms with Crippen LogP contribution >= 0.6 is 0 Å². The summed E-state index contributed by atoms with van der Waals surface area (Å²) in [6.07, 6.45) is 5.50. The van der Waals surface area contributed by atoms with Gasteiger partial charge in [0.1, 0.15) is 5.82 Å². The summed E-state index contributed by atoms with van der Waals surface area (Å²) in [4.78, 5) is 18.8. The molecule has 0 aliphatic carbocycles. The third kappa shape index (κ3) is 4.66. The maximum Gasteiger partial charge on any atom is 0.231 e. The zero-order valence-corrected chi connectivity index (χ0v) is 15.0. The summed E-state index contributed by atoms with van der Waals surface area (Å²) < 4.78 is 18.5. The second-order valence-corrected chi connectivity index (χ2v) is 6.81. The van der Waals surface area contributed by atoms with E-state index in [9.17, 15) is 9.18 Å². The summed E-state index contributed by atoms with van der Waals surface area (Å²) in [6, 6.07) is 6.01.